The van der Waals surface area contributed by atoms with Gasteiger partial charge in [-0.15, -0.1) is 11.3 Å². The molecule has 2 aromatic rings. The summed E-state index contributed by atoms with van der Waals surface area (Å²) >= 11 is 1.42. The molecule has 0 radical (unpaired) electrons. The molecule has 1 aliphatic rings. The van der Waals surface area contributed by atoms with Crippen molar-refractivity contribution in [2.24, 2.45) is 0 Å². The number of benzene rings is 1. The Morgan fingerprint density at radius 2 is 1.94 bits per heavy atom. The largest absolute Gasteiger partial charge is 0.349 e. The van der Waals surface area contributed by atoms with Gasteiger partial charge in [0, 0.05) is 11.6 Å². The van der Waals surface area contributed by atoms with Crippen molar-refractivity contribution in [3.8, 4) is 11.1 Å². The Labute approximate surface area is 108 Å². The van der Waals surface area contributed by atoms with Crippen LogP contribution < -0.4 is 5.32 Å². The maximum absolute atomic E-state index is 12.9. The normalized spacial score (nSPS) is 14.5. The van der Waals surface area contributed by atoms with Crippen molar-refractivity contribution >= 4 is 17.2 Å². The molecule has 2 nitrogen and oxygen atoms in total. The van der Waals surface area contributed by atoms with Crippen molar-refractivity contribution in [3.05, 3.63) is 46.4 Å². The molecule has 1 N–H and O–H groups in total. The second kappa shape index (κ2) is 4.53. The van der Waals surface area contributed by atoms with Gasteiger partial charge in [-0.1, -0.05) is 12.1 Å². The van der Waals surface area contributed by atoms with Crippen LogP contribution in [0.4, 0.5) is 4.39 Å². The minimum Gasteiger partial charge on any atom is -0.349 e. The van der Waals surface area contributed by atoms with Crippen LogP contribution in [0.15, 0.2) is 35.7 Å². The number of amides is 1. The van der Waals surface area contributed by atoms with E-state index < -0.39 is 0 Å². The van der Waals surface area contributed by atoms with Gasteiger partial charge in [-0.3, -0.25) is 4.79 Å². The molecular weight excluding hydrogens is 249 g/mol. The number of hydrogen-bond acceptors (Lipinski definition) is 2. The third-order valence-corrected chi connectivity index (χ3v) is 3.85. The molecule has 1 aromatic heterocycles. The highest BCUT2D eigenvalue weighted by atomic mass is 32.1. The topological polar surface area (TPSA) is 29.1 Å². The van der Waals surface area contributed by atoms with Gasteiger partial charge in [0.2, 0.25) is 0 Å². The molecule has 92 valence electrons. The van der Waals surface area contributed by atoms with Crippen molar-refractivity contribution in [1.82, 2.24) is 5.32 Å². The van der Waals surface area contributed by atoms with E-state index in [0.717, 1.165) is 24.0 Å². The minimum absolute atomic E-state index is 0.0215. The van der Waals surface area contributed by atoms with Crippen LogP contribution in [0.5, 0.6) is 0 Å². The van der Waals surface area contributed by atoms with Crippen molar-refractivity contribution in [2.45, 2.75) is 18.9 Å². The van der Waals surface area contributed by atoms with Crippen molar-refractivity contribution in [2.75, 3.05) is 0 Å². The standard InChI is InChI=1S/C14H12FNOS/c15-10-3-1-9(2-4-10)12-7-8-18-13(12)14(17)16-11-5-6-11/h1-4,7-8,11H,5-6H2,(H,16,17). The summed E-state index contributed by atoms with van der Waals surface area (Å²) in [5, 5.41) is 4.86. The average Bonchev–Trinajstić information content (AvgIpc) is 3.04. The van der Waals surface area contributed by atoms with Crippen LogP contribution in [0.25, 0.3) is 11.1 Å². The zero-order chi connectivity index (χ0) is 12.5. The van der Waals surface area contributed by atoms with Crippen molar-refractivity contribution < 1.29 is 9.18 Å². The lowest BCUT2D eigenvalue weighted by molar-refractivity contribution is 0.0955. The van der Waals surface area contributed by atoms with Gasteiger partial charge in [-0.2, -0.15) is 0 Å². The van der Waals surface area contributed by atoms with Crippen LogP contribution in [0.2, 0.25) is 0 Å². The summed E-state index contributed by atoms with van der Waals surface area (Å²) < 4.78 is 12.9. The molecule has 0 spiro atoms. The van der Waals surface area contributed by atoms with Crippen LogP contribution in [0.3, 0.4) is 0 Å². The fourth-order valence-electron chi connectivity index (χ4n) is 1.82. The molecule has 0 saturated heterocycles. The third kappa shape index (κ3) is 2.29. The first-order valence-electron chi connectivity index (χ1n) is 5.88. The van der Waals surface area contributed by atoms with E-state index in [1.54, 1.807) is 12.1 Å². The quantitative estimate of drug-likeness (QED) is 0.901. The predicted octanol–water partition coefficient (Wildman–Crippen LogP) is 3.45. The van der Waals surface area contributed by atoms with Crippen LogP contribution in [0.1, 0.15) is 22.5 Å². The summed E-state index contributed by atoms with van der Waals surface area (Å²) in [5.74, 6) is -0.287. The summed E-state index contributed by atoms with van der Waals surface area (Å²) in [6.45, 7) is 0. The number of thiophene rings is 1. The Balaban J connectivity index is 1.90. The van der Waals surface area contributed by atoms with E-state index in [1.165, 1.54) is 23.5 Å². The number of carbonyl (C=O) groups is 1. The van der Waals surface area contributed by atoms with Gasteiger partial charge in [0.25, 0.3) is 5.91 Å². The predicted molar refractivity (Wildman–Crippen MR) is 70.2 cm³/mol. The summed E-state index contributed by atoms with van der Waals surface area (Å²) in [7, 11) is 0. The molecule has 0 bridgehead atoms. The summed E-state index contributed by atoms with van der Waals surface area (Å²) in [4.78, 5) is 12.7. The first-order valence-corrected chi connectivity index (χ1v) is 6.76. The van der Waals surface area contributed by atoms with Gasteiger partial charge in [-0.05, 0) is 42.0 Å². The van der Waals surface area contributed by atoms with Gasteiger partial charge in [0.05, 0.1) is 4.88 Å². The molecule has 18 heavy (non-hydrogen) atoms. The minimum atomic E-state index is -0.266. The Morgan fingerprint density at radius 3 is 2.61 bits per heavy atom. The van der Waals surface area contributed by atoms with Crippen LogP contribution >= 0.6 is 11.3 Å². The molecule has 1 fully saturated rings. The van der Waals surface area contributed by atoms with Crippen LogP contribution in [-0.2, 0) is 0 Å². The van der Waals surface area contributed by atoms with E-state index in [2.05, 4.69) is 5.32 Å². The summed E-state index contributed by atoms with van der Waals surface area (Å²) in [6.07, 6.45) is 2.14. The fraction of sp³-hybridized carbons (Fsp3) is 0.214. The van der Waals surface area contributed by atoms with Gasteiger partial charge >= 0.3 is 0 Å². The molecule has 1 saturated carbocycles. The van der Waals surface area contributed by atoms with Gasteiger partial charge in [0.15, 0.2) is 0 Å². The molecule has 0 unspecified atom stereocenters. The molecule has 1 heterocycles. The van der Waals surface area contributed by atoms with E-state index >= 15 is 0 Å². The molecule has 0 atom stereocenters. The lowest BCUT2D eigenvalue weighted by Gasteiger charge is -2.05. The van der Waals surface area contributed by atoms with Crippen molar-refractivity contribution in [1.29, 1.82) is 0 Å². The van der Waals surface area contributed by atoms with E-state index in [9.17, 15) is 9.18 Å². The molecule has 1 aromatic carbocycles. The monoisotopic (exact) mass is 261 g/mol. The average molecular weight is 261 g/mol. The van der Waals surface area contributed by atoms with Gasteiger partial charge in [-0.25, -0.2) is 4.39 Å². The fourth-order valence-corrected chi connectivity index (χ4v) is 2.64. The number of carbonyl (C=O) groups excluding carboxylic acids is 1. The Hall–Kier alpha value is -1.68. The lowest BCUT2D eigenvalue weighted by Crippen LogP contribution is -2.24. The Morgan fingerprint density at radius 1 is 1.22 bits per heavy atom. The highest BCUT2D eigenvalue weighted by Gasteiger charge is 2.25. The number of rotatable bonds is 3. The number of hydrogen-bond donors (Lipinski definition) is 1. The Kier molecular flexibility index (Phi) is 2.88. The number of nitrogens with one attached hydrogen (secondary N) is 1. The zero-order valence-corrected chi connectivity index (χ0v) is 10.5. The highest BCUT2D eigenvalue weighted by Crippen LogP contribution is 2.29. The van der Waals surface area contributed by atoms with Crippen LogP contribution in [-0.4, -0.2) is 11.9 Å². The molecule has 0 aliphatic heterocycles. The van der Waals surface area contributed by atoms with Crippen molar-refractivity contribution in [3.63, 3.8) is 0 Å². The smallest absolute Gasteiger partial charge is 0.262 e. The lowest BCUT2D eigenvalue weighted by atomic mass is 10.1. The summed E-state index contributed by atoms with van der Waals surface area (Å²) in [6, 6.07) is 8.47. The molecule has 3 rings (SSSR count). The van der Waals surface area contributed by atoms with E-state index in [-0.39, 0.29) is 11.7 Å². The first kappa shape index (κ1) is 11.4. The summed E-state index contributed by atoms with van der Waals surface area (Å²) in [5.41, 5.74) is 1.75. The molecule has 4 heteroatoms. The first-order chi connectivity index (χ1) is 8.74. The SMILES string of the molecule is O=C(NC1CC1)c1sccc1-c1ccc(F)cc1. The van der Waals surface area contributed by atoms with Gasteiger partial charge in [0.1, 0.15) is 5.82 Å². The molecular formula is C14H12FNOS. The maximum atomic E-state index is 12.9. The van der Waals surface area contributed by atoms with Crippen LogP contribution in [0, 0.1) is 5.82 Å². The second-order valence-corrected chi connectivity index (χ2v) is 5.33. The molecule has 1 amide bonds. The Bertz CT molecular complexity index is 572. The van der Waals surface area contributed by atoms with E-state index in [0.29, 0.717) is 10.9 Å². The maximum Gasteiger partial charge on any atom is 0.262 e. The van der Waals surface area contributed by atoms with E-state index in [4.69, 9.17) is 0 Å². The zero-order valence-electron chi connectivity index (χ0n) is 9.65. The second-order valence-electron chi connectivity index (χ2n) is 4.42. The highest BCUT2D eigenvalue weighted by molar-refractivity contribution is 7.12. The number of halogens is 1. The third-order valence-electron chi connectivity index (χ3n) is 2.94. The molecule has 1 aliphatic carbocycles. The van der Waals surface area contributed by atoms with E-state index in [1.807, 2.05) is 11.4 Å². The van der Waals surface area contributed by atoms with Gasteiger partial charge < -0.3 is 5.32 Å².